The van der Waals surface area contributed by atoms with E-state index in [0.717, 1.165) is 17.3 Å². The molecular formula is C17H15N3O4S. The fraction of sp³-hybridized carbons (Fsp3) is 0.176. The summed E-state index contributed by atoms with van der Waals surface area (Å²) in [5.74, 6) is 0.343. The van der Waals surface area contributed by atoms with E-state index in [0.29, 0.717) is 23.6 Å². The average Bonchev–Trinajstić information content (AvgIpc) is 2.95. The largest absolute Gasteiger partial charge is 0.487 e. The van der Waals surface area contributed by atoms with Crippen LogP contribution in [0.15, 0.2) is 53.8 Å². The van der Waals surface area contributed by atoms with Crippen LogP contribution in [0.1, 0.15) is 11.3 Å². The first-order valence-electron chi connectivity index (χ1n) is 7.51. The number of hydrogen-bond donors (Lipinski definition) is 2. The Kier molecular flexibility index (Phi) is 5.30. The highest BCUT2D eigenvalue weighted by atomic mass is 32.2. The number of imide groups is 1. The zero-order valence-electron chi connectivity index (χ0n) is 13.1. The Labute approximate surface area is 148 Å². The summed E-state index contributed by atoms with van der Waals surface area (Å²) in [5, 5.41) is 13.9. The summed E-state index contributed by atoms with van der Waals surface area (Å²) in [6.07, 6.45) is 2.08. The van der Waals surface area contributed by atoms with Gasteiger partial charge in [0.1, 0.15) is 18.1 Å². The van der Waals surface area contributed by atoms with E-state index in [1.165, 1.54) is 0 Å². The van der Waals surface area contributed by atoms with Crippen LogP contribution in [0.5, 0.6) is 5.75 Å². The van der Waals surface area contributed by atoms with E-state index in [2.05, 4.69) is 15.5 Å². The van der Waals surface area contributed by atoms with Crippen LogP contribution in [0.25, 0.3) is 0 Å². The number of ether oxygens (including phenoxy) is 1. The molecule has 1 aliphatic heterocycles. The van der Waals surface area contributed by atoms with Gasteiger partial charge in [-0.15, -0.1) is 0 Å². The summed E-state index contributed by atoms with van der Waals surface area (Å²) in [5.41, 5.74) is 1.79. The fourth-order valence-electron chi connectivity index (χ4n) is 2.30. The average molecular weight is 357 g/mol. The van der Waals surface area contributed by atoms with Gasteiger partial charge < -0.3 is 9.94 Å². The monoisotopic (exact) mass is 357 g/mol. The van der Waals surface area contributed by atoms with Crippen molar-refractivity contribution >= 4 is 28.6 Å². The standard InChI is InChI=1S/C17H15N3O4S/c21-16-15(25-17(22)19-16)9-11-4-6-12(7-5-11)24-10-14(20-23)13-3-1-2-8-18-13/h1-8,15,23H,9-10H2,(H,19,21,22)/b20-14-. The van der Waals surface area contributed by atoms with E-state index < -0.39 is 5.25 Å². The molecule has 2 aromatic rings. The van der Waals surface area contributed by atoms with Gasteiger partial charge >= 0.3 is 0 Å². The topological polar surface area (TPSA) is 101 Å². The molecule has 1 saturated heterocycles. The molecular weight excluding hydrogens is 342 g/mol. The third kappa shape index (κ3) is 4.36. The first-order valence-corrected chi connectivity index (χ1v) is 8.39. The Morgan fingerprint density at radius 1 is 1.24 bits per heavy atom. The normalized spacial score (nSPS) is 17.4. The van der Waals surface area contributed by atoms with Gasteiger partial charge in [-0.2, -0.15) is 0 Å². The van der Waals surface area contributed by atoms with E-state index in [1.54, 1.807) is 36.5 Å². The molecule has 1 atom stereocenters. The predicted molar refractivity (Wildman–Crippen MR) is 93.1 cm³/mol. The summed E-state index contributed by atoms with van der Waals surface area (Å²) >= 11 is 1.01. The lowest BCUT2D eigenvalue weighted by Gasteiger charge is -2.09. The number of nitrogens with zero attached hydrogens (tertiary/aromatic N) is 2. The van der Waals surface area contributed by atoms with Crippen molar-refractivity contribution in [1.29, 1.82) is 0 Å². The van der Waals surface area contributed by atoms with Crippen molar-refractivity contribution in [2.24, 2.45) is 5.16 Å². The van der Waals surface area contributed by atoms with Crippen molar-refractivity contribution in [2.45, 2.75) is 11.7 Å². The third-order valence-electron chi connectivity index (χ3n) is 3.57. The minimum Gasteiger partial charge on any atom is -0.487 e. The molecule has 0 saturated carbocycles. The maximum absolute atomic E-state index is 11.6. The van der Waals surface area contributed by atoms with E-state index in [4.69, 9.17) is 9.94 Å². The predicted octanol–water partition coefficient (Wildman–Crippen LogP) is 2.23. The highest BCUT2D eigenvalue weighted by molar-refractivity contribution is 8.15. The van der Waals surface area contributed by atoms with Crippen molar-refractivity contribution in [3.63, 3.8) is 0 Å². The number of carbonyl (C=O) groups is 2. The van der Waals surface area contributed by atoms with Crippen LogP contribution >= 0.6 is 11.8 Å². The summed E-state index contributed by atoms with van der Waals surface area (Å²) in [6, 6.07) is 12.5. The van der Waals surface area contributed by atoms with E-state index in [1.807, 2.05) is 12.1 Å². The maximum Gasteiger partial charge on any atom is 0.286 e. The Morgan fingerprint density at radius 2 is 2.04 bits per heavy atom. The molecule has 2 N–H and O–H groups in total. The number of pyridine rings is 1. The van der Waals surface area contributed by atoms with Gasteiger partial charge in [0.25, 0.3) is 5.24 Å². The van der Waals surface area contributed by atoms with Gasteiger partial charge in [0.05, 0.1) is 10.9 Å². The van der Waals surface area contributed by atoms with Crippen LogP contribution in [0, 0.1) is 0 Å². The minimum atomic E-state index is -0.392. The molecule has 1 fully saturated rings. The highest BCUT2D eigenvalue weighted by Gasteiger charge is 2.31. The number of rotatable bonds is 6. The lowest BCUT2D eigenvalue weighted by atomic mass is 10.1. The molecule has 25 heavy (non-hydrogen) atoms. The van der Waals surface area contributed by atoms with Crippen LogP contribution < -0.4 is 10.1 Å². The number of oxime groups is 1. The molecule has 1 aromatic carbocycles. The van der Waals surface area contributed by atoms with Crippen LogP contribution in [0.4, 0.5) is 4.79 Å². The second-order valence-corrected chi connectivity index (χ2v) is 6.46. The van der Waals surface area contributed by atoms with Crippen molar-refractivity contribution in [2.75, 3.05) is 6.61 Å². The number of thioether (sulfide) groups is 1. The molecule has 2 amide bonds. The van der Waals surface area contributed by atoms with Gasteiger partial charge in [0, 0.05) is 6.20 Å². The van der Waals surface area contributed by atoms with Crippen molar-refractivity contribution in [1.82, 2.24) is 10.3 Å². The molecule has 0 bridgehead atoms. The Hall–Kier alpha value is -2.87. The van der Waals surface area contributed by atoms with Gasteiger partial charge in [-0.1, -0.05) is 35.1 Å². The molecule has 2 heterocycles. The SMILES string of the molecule is O=C1NC(=O)C(Cc2ccc(OC/C(=N/O)c3ccccn3)cc2)S1. The van der Waals surface area contributed by atoms with Gasteiger partial charge in [-0.3, -0.25) is 19.9 Å². The van der Waals surface area contributed by atoms with Gasteiger partial charge in [0.15, 0.2) is 0 Å². The summed E-state index contributed by atoms with van der Waals surface area (Å²) < 4.78 is 5.61. The first kappa shape index (κ1) is 17.0. The van der Waals surface area contributed by atoms with Crippen molar-refractivity contribution < 1.29 is 19.5 Å². The molecule has 0 aliphatic carbocycles. The Morgan fingerprint density at radius 3 is 2.64 bits per heavy atom. The number of benzene rings is 1. The number of hydrogen-bond acceptors (Lipinski definition) is 7. The van der Waals surface area contributed by atoms with Crippen LogP contribution in [-0.4, -0.2) is 38.9 Å². The number of amides is 2. The van der Waals surface area contributed by atoms with Crippen LogP contribution in [0.2, 0.25) is 0 Å². The lowest BCUT2D eigenvalue weighted by molar-refractivity contribution is -0.118. The maximum atomic E-state index is 11.6. The smallest absolute Gasteiger partial charge is 0.286 e. The molecule has 0 radical (unpaired) electrons. The zero-order chi connectivity index (χ0) is 17.6. The zero-order valence-corrected chi connectivity index (χ0v) is 13.9. The number of aromatic nitrogens is 1. The third-order valence-corrected chi connectivity index (χ3v) is 4.55. The molecule has 1 unspecified atom stereocenters. The second kappa shape index (κ2) is 7.80. The summed E-state index contributed by atoms with van der Waals surface area (Å²) in [7, 11) is 0. The molecule has 7 nitrogen and oxygen atoms in total. The first-order chi connectivity index (χ1) is 12.2. The Bertz CT molecular complexity index is 793. The van der Waals surface area contributed by atoms with E-state index in [9.17, 15) is 9.59 Å². The van der Waals surface area contributed by atoms with Crippen molar-refractivity contribution in [3.8, 4) is 5.75 Å². The molecule has 1 aliphatic rings. The quantitative estimate of drug-likeness (QED) is 0.467. The minimum absolute atomic E-state index is 0.0717. The number of carbonyl (C=O) groups excluding carboxylic acids is 2. The van der Waals surface area contributed by atoms with Gasteiger partial charge in [0.2, 0.25) is 5.91 Å². The van der Waals surface area contributed by atoms with Gasteiger partial charge in [-0.25, -0.2) is 0 Å². The number of nitrogens with one attached hydrogen (secondary N) is 1. The molecule has 3 rings (SSSR count). The highest BCUT2D eigenvalue weighted by Crippen LogP contribution is 2.23. The Balaban J connectivity index is 1.57. The van der Waals surface area contributed by atoms with Crippen LogP contribution in [-0.2, 0) is 11.2 Å². The van der Waals surface area contributed by atoms with Crippen molar-refractivity contribution in [3.05, 3.63) is 59.9 Å². The van der Waals surface area contributed by atoms with E-state index >= 15 is 0 Å². The summed E-state index contributed by atoms with van der Waals surface area (Å²) in [6.45, 7) is 0.0717. The second-order valence-electron chi connectivity index (χ2n) is 5.28. The molecule has 8 heteroatoms. The van der Waals surface area contributed by atoms with E-state index in [-0.39, 0.29) is 17.8 Å². The lowest BCUT2D eigenvalue weighted by Crippen LogP contribution is -2.25. The summed E-state index contributed by atoms with van der Waals surface area (Å²) in [4.78, 5) is 26.9. The molecule has 128 valence electrons. The fourth-order valence-corrected chi connectivity index (χ4v) is 3.16. The molecule has 0 spiro atoms. The van der Waals surface area contributed by atoms with Gasteiger partial charge in [-0.05, 0) is 36.2 Å². The van der Waals surface area contributed by atoms with Crippen LogP contribution in [0.3, 0.4) is 0 Å². The molecule has 1 aromatic heterocycles.